The van der Waals surface area contributed by atoms with Gasteiger partial charge in [-0.2, -0.15) is 0 Å². The Kier molecular flexibility index (Phi) is 7.83. The van der Waals surface area contributed by atoms with Crippen molar-refractivity contribution in [2.75, 3.05) is 17.7 Å². The average Bonchev–Trinajstić information content (AvgIpc) is 2.62. The first kappa shape index (κ1) is 18.8. The van der Waals surface area contributed by atoms with Crippen LogP contribution in [-0.4, -0.2) is 12.5 Å². The topological polar surface area (TPSA) is 64.3 Å². The number of unbranched alkanes of at least 4 members (excludes halogenated alkanes) is 3. The molecule has 2 aromatic rings. The van der Waals surface area contributed by atoms with E-state index in [0.29, 0.717) is 12.8 Å². The van der Waals surface area contributed by atoms with E-state index < -0.39 is 0 Å². The van der Waals surface area contributed by atoms with Crippen molar-refractivity contribution >= 4 is 17.3 Å². The molecule has 2 rings (SSSR count). The molecule has 134 valence electrons. The van der Waals surface area contributed by atoms with Crippen molar-refractivity contribution in [3.63, 3.8) is 0 Å². The summed E-state index contributed by atoms with van der Waals surface area (Å²) >= 11 is 0. The highest BCUT2D eigenvalue weighted by molar-refractivity contribution is 5.90. The Bertz CT molecular complexity index is 653. The number of amides is 1. The molecule has 3 N–H and O–H groups in total. The van der Waals surface area contributed by atoms with Crippen molar-refractivity contribution in [3.8, 4) is 5.75 Å². The molecule has 0 bridgehead atoms. The molecule has 0 radical (unpaired) electrons. The molecule has 0 aromatic heterocycles. The Morgan fingerprint density at radius 1 is 1.04 bits per heavy atom. The number of carbonyl (C=O) groups excluding carboxylic acids is 1. The van der Waals surface area contributed by atoms with Gasteiger partial charge in [-0.15, -0.1) is 0 Å². The van der Waals surface area contributed by atoms with Crippen LogP contribution in [0.3, 0.4) is 0 Å². The smallest absolute Gasteiger partial charge is 0.224 e. The third kappa shape index (κ3) is 6.87. The lowest BCUT2D eigenvalue weighted by Gasteiger charge is -2.09. The quantitative estimate of drug-likeness (QED) is 0.482. The summed E-state index contributed by atoms with van der Waals surface area (Å²) < 4.78 is 5.70. The minimum Gasteiger partial charge on any atom is -0.494 e. The monoisotopic (exact) mass is 340 g/mol. The summed E-state index contributed by atoms with van der Waals surface area (Å²) in [7, 11) is 0. The van der Waals surface area contributed by atoms with Gasteiger partial charge in [-0.1, -0.05) is 44.4 Å². The molecule has 1 amide bonds. The zero-order valence-corrected chi connectivity index (χ0v) is 15.0. The van der Waals surface area contributed by atoms with E-state index >= 15 is 0 Å². The lowest BCUT2D eigenvalue weighted by atomic mass is 10.1. The van der Waals surface area contributed by atoms with E-state index in [0.717, 1.165) is 35.7 Å². The van der Waals surface area contributed by atoms with Crippen molar-refractivity contribution in [1.29, 1.82) is 0 Å². The first-order valence-electron chi connectivity index (χ1n) is 9.05. The highest BCUT2D eigenvalue weighted by Crippen LogP contribution is 2.17. The number of nitrogens with one attached hydrogen (secondary N) is 1. The third-order valence-electron chi connectivity index (χ3n) is 4.08. The van der Waals surface area contributed by atoms with Crippen molar-refractivity contribution in [2.24, 2.45) is 0 Å². The van der Waals surface area contributed by atoms with Gasteiger partial charge in [-0.25, -0.2) is 0 Å². The van der Waals surface area contributed by atoms with Crippen LogP contribution in [0.2, 0.25) is 0 Å². The molecule has 0 heterocycles. The van der Waals surface area contributed by atoms with Gasteiger partial charge in [-0.3, -0.25) is 4.79 Å². The lowest BCUT2D eigenvalue weighted by Crippen LogP contribution is -2.12. The van der Waals surface area contributed by atoms with Crippen molar-refractivity contribution in [1.82, 2.24) is 0 Å². The fourth-order valence-corrected chi connectivity index (χ4v) is 2.59. The molecule has 0 spiro atoms. The maximum absolute atomic E-state index is 12.1. The molecular formula is C21H28N2O2. The van der Waals surface area contributed by atoms with Gasteiger partial charge in [0.2, 0.25) is 5.91 Å². The number of ether oxygens (including phenoxy) is 1. The molecule has 0 aliphatic rings. The van der Waals surface area contributed by atoms with E-state index in [1.54, 1.807) is 0 Å². The Balaban J connectivity index is 1.73. The summed E-state index contributed by atoms with van der Waals surface area (Å²) in [6.07, 6.45) is 5.81. The molecular weight excluding hydrogens is 312 g/mol. The number of benzene rings is 2. The summed E-state index contributed by atoms with van der Waals surface area (Å²) in [5.41, 5.74) is 8.42. The third-order valence-corrected chi connectivity index (χ3v) is 4.08. The van der Waals surface area contributed by atoms with Gasteiger partial charge in [0.05, 0.1) is 6.61 Å². The van der Waals surface area contributed by atoms with Gasteiger partial charge in [0.15, 0.2) is 0 Å². The van der Waals surface area contributed by atoms with Crippen LogP contribution in [0.5, 0.6) is 5.75 Å². The number of hydrogen-bond donors (Lipinski definition) is 2. The highest BCUT2D eigenvalue weighted by atomic mass is 16.5. The first-order chi connectivity index (χ1) is 12.2. The van der Waals surface area contributed by atoms with Crippen LogP contribution < -0.4 is 15.8 Å². The highest BCUT2D eigenvalue weighted by Gasteiger charge is 2.05. The largest absolute Gasteiger partial charge is 0.494 e. The first-order valence-corrected chi connectivity index (χ1v) is 9.05. The van der Waals surface area contributed by atoms with Gasteiger partial charge in [-0.05, 0) is 48.7 Å². The molecule has 0 fully saturated rings. The van der Waals surface area contributed by atoms with Crippen LogP contribution in [0.25, 0.3) is 0 Å². The van der Waals surface area contributed by atoms with Crippen LogP contribution in [0, 0.1) is 0 Å². The molecule has 0 saturated heterocycles. The number of nitrogens with two attached hydrogens (primary N) is 1. The van der Waals surface area contributed by atoms with E-state index in [-0.39, 0.29) is 5.91 Å². The number of anilines is 2. The predicted octanol–water partition coefficient (Wildman–Crippen LogP) is 4.80. The number of aryl methyl sites for hydroxylation is 1. The summed E-state index contributed by atoms with van der Waals surface area (Å²) in [6.45, 7) is 2.94. The zero-order valence-electron chi connectivity index (χ0n) is 15.0. The fourth-order valence-electron chi connectivity index (χ4n) is 2.59. The predicted molar refractivity (Wildman–Crippen MR) is 104 cm³/mol. The molecule has 0 aliphatic heterocycles. The van der Waals surface area contributed by atoms with Gasteiger partial charge >= 0.3 is 0 Å². The number of nitrogen functional groups attached to an aromatic ring is 1. The Labute approximate surface area is 150 Å². The summed E-state index contributed by atoms with van der Waals surface area (Å²) in [5, 5.41) is 2.91. The van der Waals surface area contributed by atoms with E-state index in [4.69, 9.17) is 10.5 Å². The van der Waals surface area contributed by atoms with Crippen LogP contribution in [0.1, 0.15) is 44.6 Å². The normalized spacial score (nSPS) is 10.4. The van der Waals surface area contributed by atoms with Crippen molar-refractivity contribution in [2.45, 2.75) is 45.4 Å². The Hall–Kier alpha value is -2.49. The van der Waals surface area contributed by atoms with Gasteiger partial charge in [0.1, 0.15) is 5.75 Å². The number of carbonyl (C=O) groups is 1. The standard InChI is InChI=1S/C21H28N2O2/c1-2-3-4-7-16-25-19-13-11-18(12-14-19)23-21(24)15-10-17-8-5-6-9-20(17)22/h5-6,8-9,11-14H,2-4,7,10,15-16,22H2,1H3,(H,23,24). The van der Waals surface area contributed by atoms with E-state index in [9.17, 15) is 4.79 Å². The van der Waals surface area contributed by atoms with Gasteiger partial charge in [0.25, 0.3) is 0 Å². The molecule has 2 aromatic carbocycles. The summed E-state index contributed by atoms with van der Waals surface area (Å²) in [4.78, 5) is 12.1. The Morgan fingerprint density at radius 3 is 2.52 bits per heavy atom. The SMILES string of the molecule is CCCCCCOc1ccc(NC(=O)CCc2ccccc2N)cc1. The van der Waals surface area contributed by atoms with E-state index in [1.165, 1.54) is 19.3 Å². The summed E-state index contributed by atoms with van der Waals surface area (Å²) in [5.74, 6) is 0.822. The van der Waals surface area contributed by atoms with Crippen LogP contribution in [0.15, 0.2) is 48.5 Å². The number of para-hydroxylation sites is 1. The number of rotatable bonds is 10. The minimum atomic E-state index is -0.0171. The maximum atomic E-state index is 12.1. The second-order valence-corrected chi connectivity index (χ2v) is 6.18. The molecule has 4 heteroatoms. The molecule has 4 nitrogen and oxygen atoms in total. The van der Waals surface area contributed by atoms with Gasteiger partial charge < -0.3 is 15.8 Å². The van der Waals surface area contributed by atoms with Gasteiger partial charge in [0, 0.05) is 17.8 Å². The Morgan fingerprint density at radius 2 is 1.80 bits per heavy atom. The van der Waals surface area contributed by atoms with Crippen molar-refractivity contribution in [3.05, 3.63) is 54.1 Å². The van der Waals surface area contributed by atoms with E-state index in [1.807, 2.05) is 48.5 Å². The van der Waals surface area contributed by atoms with Crippen molar-refractivity contribution < 1.29 is 9.53 Å². The second kappa shape index (κ2) is 10.4. The summed E-state index contributed by atoms with van der Waals surface area (Å²) in [6, 6.07) is 15.2. The fraction of sp³-hybridized carbons (Fsp3) is 0.381. The minimum absolute atomic E-state index is 0.0171. The van der Waals surface area contributed by atoms with Crippen LogP contribution >= 0.6 is 0 Å². The van der Waals surface area contributed by atoms with Crippen LogP contribution in [0.4, 0.5) is 11.4 Å². The lowest BCUT2D eigenvalue weighted by molar-refractivity contribution is -0.116. The molecule has 0 atom stereocenters. The molecule has 0 unspecified atom stereocenters. The molecule has 0 saturated carbocycles. The molecule has 25 heavy (non-hydrogen) atoms. The maximum Gasteiger partial charge on any atom is 0.224 e. The van der Waals surface area contributed by atoms with Crippen LogP contribution in [-0.2, 0) is 11.2 Å². The van der Waals surface area contributed by atoms with E-state index in [2.05, 4.69) is 12.2 Å². The molecule has 0 aliphatic carbocycles. The second-order valence-electron chi connectivity index (χ2n) is 6.18. The average molecular weight is 340 g/mol. The zero-order chi connectivity index (χ0) is 17.9. The number of hydrogen-bond acceptors (Lipinski definition) is 3.